The summed E-state index contributed by atoms with van der Waals surface area (Å²) in [6.07, 6.45) is 5.16. The average Bonchev–Trinajstić information content (AvgIpc) is 3.21. The van der Waals surface area contributed by atoms with Crippen molar-refractivity contribution in [3.05, 3.63) is 53.1 Å². The van der Waals surface area contributed by atoms with Crippen molar-refractivity contribution in [3.63, 3.8) is 0 Å². The highest BCUT2D eigenvalue weighted by molar-refractivity contribution is 6.08. The number of hydrogen-bond donors (Lipinski definition) is 0. The SMILES string of the molecule is CCCCCCC(C)N(C(=O)c1nc2nc(C)cc(C)n2n1)c1ccccc1C(=O)OC. The van der Waals surface area contributed by atoms with Gasteiger partial charge in [-0.05, 0) is 45.4 Å². The van der Waals surface area contributed by atoms with Crippen LogP contribution in [0, 0.1) is 13.8 Å². The fourth-order valence-corrected chi connectivity index (χ4v) is 3.87. The Morgan fingerprint density at radius 1 is 1.12 bits per heavy atom. The monoisotopic (exact) mass is 437 g/mol. The molecule has 1 amide bonds. The Bertz CT molecular complexity index is 1110. The topological polar surface area (TPSA) is 89.7 Å². The Morgan fingerprint density at radius 3 is 2.59 bits per heavy atom. The summed E-state index contributed by atoms with van der Waals surface area (Å²) in [6, 6.07) is 8.71. The first kappa shape index (κ1) is 23.4. The maximum atomic E-state index is 13.7. The number of rotatable bonds is 9. The molecule has 0 saturated carbocycles. The van der Waals surface area contributed by atoms with Gasteiger partial charge < -0.3 is 9.64 Å². The number of carbonyl (C=O) groups excluding carboxylic acids is 2. The first-order valence-corrected chi connectivity index (χ1v) is 11.1. The van der Waals surface area contributed by atoms with Crippen molar-refractivity contribution in [2.45, 2.75) is 65.8 Å². The molecule has 0 aliphatic rings. The predicted molar refractivity (Wildman–Crippen MR) is 123 cm³/mol. The molecule has 0 bridgehead atoms. The quantitative estimate of drug-likeness (QED) is 0.361. The van der Waals surface area contributed by atoms with Crippen molar-refractivity contribution < 1.29 is 14.3 Å². The van der Waals surface area contributed by atoms with Crippen LogP contribution in [0.4, 0.5) is 5.69 Å². The Balaban J connectivity index is 2.04. The van der Waals surface area contributed by atoms with Crippen molar-refractivity contribution in [2.24, 2.45) is 0 Å². The summed E-state index contributed by atoms with van der Waals surface area (Å²) in [4.78, 5) is 36.6. The van der Waals surface area contributed by atoms with Crippen molar-refractivity contribution in [2.75, 3.05) is 12.0 Å². The molecule has 170 valence electrons. The molecular weight excluding hydrogens is 406 g/mol. The highest BCUT2D eigenvalue weighted by atomic mass is 16.5. The molecule has 0 radical (unpaired) electrons. The zero-order valence-corrected chi connectivity index (χ0v) is 19.5. The second-order valence-electron chi connectivity index (χ2n) is 8.07. The second-order valence-corrected chi connectivity index (χ2v) is 8.07. The lowest BCUT2D eigenvalue weighted by molar-refractivity contribution is 0.0601. The number of carbonyl (C=O) groups is 2. The van der Waals surface area contributed by atoms with Crippen molar-refractivity contribution >= 4 is 23.3 Å². The lowest BCUT2D eigenvalue weighted by Crippen LogP contribution is -2.40. The fraction of sp³-hybridized carbons (Fsp3) is 0.458. The van der Waals surface area contributed by atoms with E-state index in [0.29, 0.717) is 17.0 Å². The number of hydrogen-bond acceptors (Lipinski definition) is 6. The lowest BCUT2D eigenvalue weighted by atomic mass is 10.0. The number of benzene rings is 1. The molecule has 0 N–H and O–H groups in total. The molecular formula is C24H31N5O3. The second kappa shape index (κ2) is 10.3. The van der Waals surface area contributed by atoms with Crippen LogP contribution in [-0.4, -0.2) is 44.6 Å². The zero-order valence-electron chi connectivity index (χ0n) is 19.5. The molecule has 1 aromatic carbocycles. The van der Waals surface area contributed by atoms with Crippen molar-refractivity contribution in [3.8, 4) is 0 Å². The number of unbranched alkanes of at least 4 members (excludes halogenated alkanes) is 3. The van der Waals surface area contributed by atoms with E-state index in [1.165, 1.54) is 7.11 Å². The van der Waals surface area contributed by atoms with Crippen LogP contribution >= 0.6 is 0 Å². The van der Waals surface area contributed by atoms with E-state index < -0.39 is 5.97 Å². The largest absolute Gasteiger partial charge is 0.465 e. The Morgan fingerprint density at radius 2 is 1.88 bits per heavy atom. The minimum Gasteiger partial charge on any atom is -0.465 e. The van der Waals surface area contributed by atoms with Gasteiger partial charge in [0, 0.05) is 17.4 Å². The van der Waals surface area contributed by atoms with Crippen LogP contribution in [0.5, 0.6) is 0 Å². The molecule has 0 saturated heterocycles. The molecule has 0 spiro atoms. The lowest BCUT2D eigenvalue weighted by Gasteiger charge is -2.30. The molecule has 3 rings (SSSR count). The summed E-state index contributed by atoms with van der Waals surface area (Å²) in [5.41, 5.74) is 2.47. The van der Waals surface area contributed by atoms with E-state index in [-0.39, 0.29) is 17.8 Å². The molecule has 8 nitrogen and oxygen atoms in total. The number of amides is 1. The standard InChI is InChI=1S/C24H31N5O3/c1-6-7-8-9-12-17(3)28(20-14-11-10-13-19(20)23(31)32-5)22(30)21-26-24-25-16(2)15-18(4)29(24)27-21/h10-11,13-15,17H,6-9,12H2,1-5H3. The molecule has 1 unspecified atom stereocenters. The third-order valence-corrected chi connectivity index (χ3v) is 5.51. The minimum absolute atomic E-state index is 0.0475. The molecule has 0 fully saturated rings. The summed E-state index contributed by atoms with van der Waals surface area (Å²) < 4.78 is 6.53. The molecule has 0 aliphatic carbocycles. The number of anilines is 1. The van der Waals surface area contributed by atoms with Gasteiger partial charge in [-0.3, -0.25) is 4.79 Å². The highest BCUT2D eigenvalue weighted by Gasteiger charge is 2.30. The average molecular weight is 438 g/mol. The van der Waals surface area contributed by atoms with Gasteiger partial charge in [0.25, 0.3) is 11.7 Å². The Labute approximate surface area is 188 Å². The molecule has 1 atom stereocenters. The number of ether oxygens (including phenoxy) is 1. The van der Waals surface area contributed by atoms with Gasteiger partial charge in [-0.25, -0.2) is 14.3 Å². The van der Waals surface area contributed by atoms with Gasteiger partial charge in [0.05, 0.1) is 18.4 Å². The van der Waals surface area contributed by atoms with Crippen LogP contribution in [0.1, 0.15) is 78.3 Å². The Kier molecular flexibility index (Phi) is 7.56. The maximum absolute atomic E-state index is 13.7. The maximum Gasteiger partial charge on any atom is 0.339 e. The predicted octanol–water partition coefficient (Wildman–Crippen LogP) is 4.53. The Hall–Kier alpha value is -3.29. The summed E-state index contributed by atoms with van der Waals surface area (Å²) in [7, 11) is 1.33. The van der Waals surface area contributed by atoms with Crippen molar-refractivity contribution in [1.82, 2.24) is 19.6 Å². The van der Waals surface area contributed by atoms with Crippen LogP contribution in [0.2, 0.25) is 0 Å². The van der Waals surface area contributed by atoms with E-state index >= 15 is 0 Å². The van der Waals surface area contributed by atoms with Crippen LogP contribution < -0.4 is 4.90 Å². The van der Waals surface area contributed by atoms with E-state index in [9.17, 15) is 9.59 Å². The van der Waals surface area contributed by atoms with Crippen LogP contribution in [0.3, 0.4) is 0 Å². The van der Waals surface area contributed by atoms with E-state index in [0.717, 1.165) is 43.5 Å². The third kappa shape index (κ3) is 4.95. The van der Waals surface area contributed by atoms with E-state index in [4.69, 9.17) is 4.74 Å². The fourth-order valence-electron chi connectivity index (χ4n) is 3.87. The van der Waals surface area contributed by atoms with Crippen LogP contribution in [-0.2, 0) is 4.74 Å². The minimum atomic E-state index is -0.493. The third-order valence-electron chi connectivity index (χ3n) is 5.51. The summed E-state index contributed by atoms with van der Waals surface area (Å²) in [6.45, 7) is 7.92. The number of esters is 1. The van der Waals surface area contributed by atoms with E-state index in [2.05, 4.69) is 22.0 Å². The number of nitrogens with zero attached hydrogens (tertiary/aromatic N) is 5. The first-order valence-electron chi connectivity index (χ1n) is 11.1. The smallest absolute Gasteiger partial charge is 0.339 e. The van der Waals surface area contributed by atoms with Crippen LogP contribution in [0.15, 0.2) is 30.3 Å². The number of aromatic nitrogens is 4. The molecule has 2 aromatic heterocycles. The molecule has 2 heterocycles. The van der Waals surface area contributed by atoms with Gasteiger partial charge in [-0.1, -0.05) is 44.7 Å². The molecule has 3 aromatic rings. The van der Waals surface area contributed by atoms with Crippen molar-refractivity contribution in [1.29, 1.82) is 0 Å². The summed E-state index contributed by atoms with van der Waals surface area (Å²) in [5, 5.41) is 4.42. The first-order chi connectivity index (χ1) is 15.4. The molecule has 32 heavy (non-hydrogen) atoms. The highest BCUT2D eigenvalue weighted by Crippen LogP contribution is 2.27. The van der Waals surface area contributed by atoms with Gasteiger partial charge in [0.1, 0.15) is 0 Å². The van der Waals surface area contributed by atoms with Gasteiger partial charge in [-0.15, -0.1) is 5.10 Å². The van der Waals surface area contributed by atoms with E-state index in [1.54, 1.807) is 33.7 Å². The van der Waals surface area contributed by atoms with Gasteiger partial charge in [-0.2, -0.15) is 4.98 Å². The molecule has 8 heteroatoms. The number of aryl methyl sites for hydroxylation is 2. The van der Waals surface area contributed by atoms with Crippen LogP contribution in [0.25, 0.3) is 5.78 Å². The van der Waals surface area contributed by atoms with Gasteiger partial charge >= 0.3 is 5.97 Å². The van der Waals surface area contributed by atoms with Gasteiger partial charge in [0.15, 0.2) is 0 Å². The van der Waals surface area contributed by atoms with E-state index in [1.807, 2.05) is 26.8 Å². The molecule has 0 aliphatic heterocycles. The number of fused-ring (bicyclic) bond motifs is 1. The normalized spacial score (nSPS) is 12.0. The van der Waals surface area contributed by atoms with Gasteiger partial charge in [0.2, 0.25) is 5.82 Å². The summed E-state index contributed by atoms with van der Waals surface area (Å²) >= 11 is 0. The zero-order chi connectivity index (χ0) is 23.3. The number of para-hydroxylation sites is 1. The summed E-state index contributed by atoms with van der Waals surface area (Å²) in [5.74, 6) is -0.437. The number of methoxy groups -OCH3 is 1.